The molecule has 0 aliphatic carbocycles. The van der Waals surface area contributed by atoms with E-state index in [9.17, 15) is 9.18 Å². The van der Waals surface area contributed by atoms with Gasteiger partial charge in [0.25, 0.3) is 0 Å². The average molecular weight is 273 g/mol. The molecule has 0 saturated carbocycles. The van der Waals surface area contributed by atoms with E-state index in [-0.39, 0.29) is 5.82 Å². The van der Waals surface area contributed by atoms with Gasteiger partial charge in [-0.2, -0.15) is 0 Å². The largest absolute Gasteiger partial charge is 0.496 e. The number of aldehydes is 1. The predicted octanol–water partition coefficient (Wildman–Crippen LogP) is 3.28. The lowest BCUT2D eigenvalue weighted by Crippen LogP contribution is -2.17. The molecule has 104 valence electrons. The van der Waals surface area contributed by atoms with Crippen LogP contribution in [0.15, 0.2) is 42.5 Å². The van der Waals surface area contributed by atoms with Gasteiger partial charge in [0.1, 0.15) is 17.9 Å². The second kappa shape index (κ2) is 6.19. The van der Waals surface area contributed by atoms with E-state index < -0.39 is 0 Å². The molecule has 2 aromatic carbocycles. The summed E-state index contributed by atoms with van der Waals surface area (Å²) in [5, 5.41) is 0. The molecule has 0 aliphatic heterocycles. The summed E-state index contributed by atoms with van der Waals surface area (Å²) in [6.07, 6.45) is 0.806. The standard InChI is InChI=1S/C16H16FNO2/c1-18(15-6-4-14(17)5-7-15)10-13-9-12(11-19)3-8-16(13)20-2/h3-9,11H,10H2,1-2H3. The first-order valence-electron chi connectivity index (χ1n) is 6.23. The quantitative estimate of drug-likeness (QED) is 0.783. The van der Waals surface area contributed by atoms with E-state index in [0.717, 1.165) is 23.3 Å². The van der Waals surface area contributed by atoms with Crippen molar-refractivity contribution < 1.29 is 13.9 Å². The SMILES string of the molecule is COc1ccc(C=O)cc1CN(C)c1ccc(F)cc1. The van der Waals surface area contributed by atoms with Gasteiger partial charge < -0.3 is 9.64 Å². The monoisotopic (exact) mass is 273 g/mol. The first-order valence-corrected chi connectivity index (χ1v) is 6.23. The number of benzene rings is 2. The van der Waals surface area contributed by atoms with Crippen molar-refractivity contribution in [2.45, 2.75) is 6.54 Å². The molecule has 0 radical (unpaired) electrons. The number of carbonyl (C=O) groups is 1. The molecule has 4 heteroatoms. The lowest BCUT2D eigenvalue weighted by molar-refractivity contribution is 0.112. The van der Waals surface area contributed by atoms with Crippen LogP contribution in [0.4, 0.5) is 10.1 Å². The minimum atomic E-state index is -0.261. The smallest absolute Gasteiger partial charge is 0.150 e. The van der Waals surface area contributed by atoms with Crippen molar-refractivity contribution >= 4 is 12.0 Å². The molecule has 0 bridgehead atoms. The molecule has 0 aromatic heterocycles. The topological polar surface area (TPSA) is 29.5 Å². The molecule has 0 unspecified atom stereocenters. The zero-order chi connectivity index (χ0) is 14.5. The Kier molecular flexibility index (Phi) is 4.35. The number of methoxy groups -OCH3 is 1. The molecule has 0 aliphatic rings. The van der Waals surface area contributed by atoms with Crippen LogP contribution in [-0.4, -0.2) is 20.4 Å². The van der Waals surface area contributed by atoms with Gasteiger partial charge in [-0.05, 0) is 42.5 Å². The van der Waals surface area contributed by atoms with E-state index in [1.807, 2.05) is 11.9 Å². The number of anilines is 1. The summed E-state index contributed by atoms with van der Waals surface area (Å²) in [5.74, 6) is 0.465. The maximum atomic E-state index is 12.9. The number of hydrogen-bond donors (Lipinski definition) is 0. The van der Waals surface area contributed by atoms with Crippen LogP contribution in [0.2, 0.25) is 0 Å². The summed E-state index contributed by atoms with van der Waals surface area (Å²) in [6, 6.07) is 11.6. The Hall–Kier alpha value is -2.36. The zero-order valence-corrected chi connectivity index (χ0v) is 11.5. The van der Waals surface area contributed by atoms with Crippen molar-refractivity contribution in [2.24, 2.45) is 0 Å². The number of carbonyl (C=O) groups excluding carboxylic acids is 1. The highest BCUT2D eigenvalue weighted by Gasteiger charge is 2.08. The van der Waals surface area contributed by atoms with Crippen LogP contribution in [0, 0.1) is 5.82 Å². The van der Waals surface area contributed by atoms with E-state index >= 15 is 0 Å². The van der Waals surface area contributed by atoms with Gasteiger partial charge in [0.2, 0.25) is 0 Å². The van der Waals surface area contributed by atoms with Crippen molar-refractivity contribution in [3.8, 4) is 5.75 Å². The highest BCUT2D eigenvalue weighted by Crippen LogP contribution is 2.23. The molecular weight excluding hydrogens is 257 g/mol. The Balaban J connectivity index is 2.24. The summed E-state index contributed by atoms with van der Waals surface area (Å²) >= 11 is 0. The minimum absolute atomic E-state index is 0.261. The molecule has 0 atom stereocenters. The molecule has 0 amide bonds. The third kappa shape index (κ3) is 3.15. The van der Waals surface area contributed by atoms with Gasteiger partial charge >= 0.3 is 0 Å². The number of rotatable bonds is 5. The highest BCUT2D eigenvalue weighted by atomic mass is 19.1. The van der Waals surface area contributed by atoms with Gasteiger partial charge in [-0.3, -0.25) is 4.79 Å². The molecule has 0 fully saturated rings. The van der Waals surface area contributed by atoms with E-state index in [1.54, 1.807) is 37.4 Å². The summed E-state index contributed by atoms with van der Waals surface area (Å²) in [4.78, 5) is 12.8. The molecule has 0 saturated heterocycles. The summed E-state index contributed by atoms with van der Waals surface area (Å²) in [5.41, 5.74) is 2.40. The first kappa shape index (κ1) is 14.1. The van der Waals surface area contributed by atoms with Gasteiger partial charge in [-0.1, -0.05) is 0 Å². The van der Waals surface area contributed by atoms with Crippen LogP contribution in [0.1, 0.15) is 15.9 Å². The fourth-order valence-electron chi connectivity index (χ4n) is 2.04. The molecular formula is C16H16FNO2. The van der Waals surface area contributed by atoms with Crippen LogP contribution in [0.25, 0.3) is 0 Å². The molecule has 0 heterocycles. The lowest BCUT2D eigenvalue weighted by Gasteiger charge is -2.21. The van der Waals surface area contributed by atoms with E-state index in [1.165, 1.54) is 12.1 Å². The Morgan fingerprint density at radius 2 is 1.90 bits per heavy atom. The average Bonchev–Trinajstić information content (AvgIpc) is 2.47. The summed E-state index contributed by atoms with van der Waals surface area (Å²) in [7, 11) is 3.50. The predicted molar refractivity (Wildman–Crippen MR) is 76.9 cm³/mol. The van der Waals surface area contributed by atoms with E-state index in [4.69, 9.17) is 4.74 Å². The molecule has 0 N–H and O–H groups in total. The van der Waals surface area contributed by atoms with Crippen LogP contribution >= 0.6 is 0 Å². The second-order valence-corrected chi connectivity index (χ2v) is 4.52. The van der Waals surface area contributed by atoms with Crippen LogP contribution < -0.4 is 9.64 Å². The third-order valence-electron chi connectivity index (χ3n) is 3.12. The Labute approximate surface area is 117 Å². The van der Waals surface area contributed by atoms with Crippen LogP contribution in [-0.2, 0) is 6.54 Å². The van der Waals surface area contributed by atoms with Gasteiger partial charge in [0.05, 0.1) is 7.11 Å². The number of nitrogens with zero attached hydrogens (tertiary/aromatic N) is 1. The van der Waals surface area contributed by atoms with E-state index in [2.05, 4.69) is 0 Å². The third-order valence-corrected chi connectivity index (χ3v) is 3.12. The van der Waals surface area contributed by atoms with Crippen LogP contribution in [0.5, 0.6) is 5.75 Å². The maximum absolute atomic E-state index is 12.9. The van der Waals surface area contributed by atoms with Crippen molar-refractivity contribution in [1.29, 1.82) is 0 Å². The Morgan fingerprint density at radius 1 is 1.20 bits per heavy atom. The molecule has 3 nitrogen and oxygen atoms in total. The van der Waals surface area contributed by atoms with Gasteiger partial charge in [0.15, 0.2) is 0 Å². The Bertz CT molecular complexity index is 596. The molecule has 2 rings (SSSR count). The molecule has 20 heavy (non-hydrogen) atoms. The van der Waals surface area contributed by atoms with Crippen molar-refractivity contribution in [2.75, 3.05) is 19.1 Å². The lowest BCUT2D eigenvalue weighted by atomic mass is 10.1. The summed E-state index contributed by atoms with van der Waals surface area (Å²) < 4.78 is 18.2. The van der Waals surface area contributed by atoms with Crippen molar-refractivity contribution in [1.82, 2.24) is 0 Å². The maximum Gasteiger partial charge on any atom is 0.150 e. The fourth-order valence-corrected chi connectivity index (χ4v) is 2.04. The van der Waals surface area contributed by atoms with E-state index in [0.29, 0.717) is 12.1 Å². The van der Waals surface area contributed by atoms with Crippen LogP contribution in [0.3, 0.4) is 0 Å². The summed E-state index contributed by atoms with van der Waals surface area (Å²) in [6.45, 7) is 0.566. The Morgan fingerprint density at radius 3 is 2.50 bits per heavy atom. The number of ether oxygens (including phenoxy) is 1. The first-order chi connectivity index (χ1) is 9.63. The molecule has 2 aromatic rings. The van der Waals surface area contributed by atoms with Gasteiger partial charge in [-0.15, -0.1) is 0 Å². The number of hydrogen-bond acceptors (Lipinski definition) is 3. The zero-order valence-electron chi connectivity index (χ0n) is 11.5. The van der Waals surface area contributed by atoms with Crippen molar-refractivity contribution in [3.63, 3.8) is 0 Å². The fraction of sp³-hybridized carbons (Fsp3) is 0.188. The minimum Gasteiger partial charge on any atom is -0.496 e. The van der Waals surface area contributed by atoms with Gasteiger partial charge in [-0.25, -0.2) is 4.39 Å². The normalized spacial score (nSPS) is 10.2. The molecule has 0 spiro atoms. The van der Waals surface area contributed by atoms with Crippen molar-refractivity contribution in [3.05, 3.63) is 59.4 Å². The highest BCUT2D eigenvalue weighted by molar-refractivity contribution is 5.75. The van der Waals surface area contributed by atoms with Gasteiger partial charge in [0, 0.05) is 30.4 Å². The number of halogens is 1. The second-order valence-electron chi connectivity index (χ2n) is 4.52.